The lowest BCUT2D eigenvalue weighted by Gasteiger charge is -2.08. The van der Waals surface area contributed by atoms with E-state index in [9.17, 15) is 4.79 Å². The summed E-state index contributed by atoms with van der Waals surface area (Å²) in [6, 6.07) is 5.50. The lowest BCUT2D eigenvalue weighted by Crippen LogP contribution is -2.07. The van der Waals surface area contributed by atoms with Gasteiger partial charge in [0.25, 0.3) is 0 Å². The molecule has 2 aromatic rings. The average Bonchev–Trinajstić information content (AvgIpc) is 2.98. The lowest BCUT2D eigenvalue weighted by molar-refractivity contribution is 0.101. The molecule has 5 nitrogen and oxygen atoms in total. The quantitative estimate of drug-likeness (QED) is 0.570. The topological polar surface area (TPSA) is 64.1 Å². The van der Waals surface area contributed by atoms with Crippen molar-refractivity contribution in [2.45, 2.75) is 30.9 Å². The number of aromatic nitrogens is 2. The second kappa shape index (κ2) is 8.31. The van der Waals surface area contributed by atoms with E-state index in [1.54, 1.807) is 31.9 Å². The minimum atomic E-state index is 0.0509. The SMILES string of the molecule is COc1ccc(C(C)=O)cc1CSc1nnc(NCC(C)C)s1. The maximum atomic E-state index is 11.5. The van der Waals surface area contributed by atoms with E-state index in [-0.39, 0.29) is 5.78 Å². The van der Waals surface area contributed by atoms with Crippen LogP contribution in [0.4, 0.5) is 5.13 Å². The number of hydrogen-bond acceptors (Lipinski definition) is 7. The number of thioether (sulfide) groups is 1. The van der Waals surface area contributed by atoms with E-state index in [1.165, 1.54) is 11.3 Å². The molecule has 0 bridgehead atoms. The van der Waals surface area contributed by atoms with Gasteiger partial charge in [-0.05, 0) is 31.0 Å². The van der Waals surface area contributed by atoms with Crippen LogP contribution in [0.3, 0.4) is 0 Å². The third-order valence-electron chi connectivity index (χ3n) is 3.11. The molecule has 1 N–H and O–H groups in total. The Labute approximate surface area is 144 Å². The van der Waals surface area contributed by atoms with Gasteiger partial charge >= 0.3 is 0 Å². The van der Waals surface area contributed by atoms with E-state index in [1.807, 2.05) is 12.1 Å². The van der Waals surface area contributed by atoms with Crippen LogP contribution in [0.25, 0.3) is 0 Å². The number of nitrogens with zero attached hydrogens (tertiary/aromatic N) is 2. The van der Waals surface area contributed by atoms with E-state index in [0.29, 0.717) is 17.2 Å². The number of nitrogens with one attached hydrogen (secondary N) is 1. The van der Waals surface area contributed by atoms with E-state index in [2.05, 4.69) is 29.4 Å². The van der Waals surface area contributed by atoms with Gasteiger partial charge in [-0.25, -0.2) is 0 Å². The molecule has 0 amide bonds. The normalized spacial score (nSPS) is 10.8. The van der Waals surface area contributed by atoms with Gasteiger partial charge in [0.1, 0.15) is 5.75 Å². The van der Waals surface area contributed by atoms with Crippen molar-refractivity contribution in [3.05, 3.63) is 29.3 Å². The van der Waals surface area contributed by atoms with Gasteiger partial charge in [0.2, 0.25) is 5.13 Å². The molecule has 124 valence electrons. The van der Waals surface area contributed by atoms with Crippen LogP contribution in [0.15, 0.2) is 22.5 Å². The summed E-state index contributed by atoms with van der Waals surface area (Å²) in [7, 11) is 1.63. The molecule has 23 heavy (non-hydrogen) atoms. The maximum Gasteiger partial charge on any atom is 0.206 e. The fraction of sp³-hybridized carbons (Fsp3) is 0.438. The molecule has 0 saturated carbocycles. The molecule has 0 saturated heterocycles. The monoisotopic (exact) mass is 351 g/mol. The highest BCUT2D eigenvalue weighted by Crippen LogP contribution is 2.31. The number of anilines is 1. The average molecular weight is 351 g/mol. The van der Waals surface area contributed by atoms with Gasteiger partial charge in [0.05, 0.1) is 7.11 Å². The first-order valence-corrected chi connectivity index (χ1v) is 9.17. The Morgan fingerprint density at radius 1 is 1.39 bits per heavy atom. The predicted molar refractivity (Wildman–Crippen MR) is 95.8 cm³/mol. The molecule has 0 radical (unpaired) electrons. The highest BCUT2D eigenvalue weighted by molar-refractivity contribution is 8.00. The maximum absolute atomic E-state index is 11.5. The predicted octanol–water partition coefficient (Wildman–Crippen LogP) is 4.11. The number of benzene rings is 1. The smallest absolute Gasteiger partial charge is 0.206 e. The van der Waals surface area contributed by atoms with Gasteiger partial charge in [-0.2, -0.15) is 0 Å². The summed E-state index contributed by atoms with van der Waals surface area (Å²) >= 11 is 3.13. The highest BCUT2D eigenvalue weighted by Gasteiger charge is 2.10. The van der Waals surface area contributed by atoms with E-state index < -0.39 is 0 Å². The number of rotatable bonds is 8. The number of Topliss-reactive ketones (excluding diaryl/α,β-unsaturated/α-hetero) is 1. The Hall–Kier alpha value is -1.60. The zero-order valence-corrected chi connectivity index (χ0v) is 15.4. The third kappa shape index (κ3) is 5.21. The Morgan fingerprint density at radius 2 is 2.17 bits per heavy atom. The second-order valence-electron chi connectivity index (χ2n) is 5.52. The second-order valence-corrected chi connectivity index (χ2v) is 7.72. The van der Waals surface area contributed by atoms with Crippen molar-refractivity contribution in [3.8, 4) is 5.75 Å². The van der Waals surface area contributed by atoms with Crippen LogP contribution in [0.1, 0.15) is 36.7 Å². The van der Waals surface area contributed by atoms with Crippen molar-refractivity contribution in [1.29, 1.82) is 0 Å². The van der Waals surface area contributed by atoms with Gasteiger partial charge in [-0.3, -0.25) is 4.79 Å². The molecule has 1 aromatic carbocycles. The van der Waals surface area contributed by atoms with Crippen molar-refractivity contribution in [2.24, 2.45) is 5.92 Å². The molecule has 0 aliphatic heterocycles. The van der Waals surface area contributed by atoms with Crippen molar-refractivity contribution in [1.82, 2.24) is 10.2 Å². The van der Waals surface area contributed by atoms with Gasteiger partial charge in [0.15, 0.2) is 10.1 Å². The van der Waals surface area contributed by atoms with Crippen molar-refractivity contribution in [2.75, 3.05) is 19.0 Å². The molecule has 2 rings (SSSR count). The summed E-state index contributed by atoms with van der Waals surface area (Å²) in [5.41, 5.74) is 1.68. The summed E-state index contributed by atoms with van der Waals surface area (Å²) in [6.45, 7) is 6.75. The third-order valence-corrected chi connectivity index (χ3v) is 5.17. The molecule has 0 unspecified atom stereocenters. The first-order valence-electron chi connectivity index (χ1n) is 7.37. The molecule has 0 spiro atoms. The lowest BCUT2D eigenvalue weighted by atomic mass is 10.1. The van der Waals surface area contributed by atoms with Crippen LogP contribution in [-0.4, -0.2) is 29.6 Å². The Morgan fingerprint density at radius 3 is 2.83 bits per heavy atom. The van der Waals surface area contributed by atoms with Gasteiger partial charge < -0.3 is 10.1 Å². The number of ether oxygens (including phenoxy) is 1. The fourth-order valence-corrected chi connectivity index (χ4v) is 3.62. The zero-order chi connectivity index (χ0) is 16.8. The van der Waals surface area contributed by atoms with Crippen LogP contribution in [0.5, 0.6) is 5.75 Å². The van der Waals surface area contributed by atoms with Crippen molar-refractivity contribution in [3.63, 3.8) is 0 Å². The largest absolute Gasteiger partial charge is 0.496 e. The van der Waals surface area contributed by atoms with E-state index >= 15 is 0 Å². The Kier molecular flexibility index (Phi) is 6.41. The van der Waals surface area contributed by atoms with Crippen LogP contribution < -0.4 is 10.1 Å². The summed E-state index contributed by atoms with van der Waals surface area (Å²) in [5, 5.41) is 12.4. The zero-order valence-electron chi connectivity index (χ0n) is 13.8. The molecule has 7 heteroatoms. The number of hydrogen-bond donors (Lipinski definition) is 1. The van der Waals surface area contributed by atoms with Crippen LogP contribution >= 0.6 is 23.1 Å². The Bertz CT molecular complexity index is 671. The van der Waals surface area contributed by atoms with Crippen LogP contribution in [-0.2, 0) is 5.75 Å². The highest BCUT2D eigenvalue weighted by atomic mass is 32.2. The Balaban J connectivity index is 2.02. The summed E-state index contributed by atoms with van der Waals surface area (Å²) in [4.78, 5) is 11.5. The molecule has 0 fully saturated rings. The molecule has 1 aromatic heterocycles. The van der Waals surface area contributed by atoms with Gasteiger partial charge in [-0.1, -0.05) is 36.9 Å². The van der Waals surface area contributed by atoms with E-state index in [4.69, 9.17) is 4.74 Å². The molecule has 0 atom stereocenters. The molecule has 0 aliphatic carbocycles. The fourth-order valence-electron chi connectivity index (χ4n) is 1.88. The molecular weight excluding hydrogens is 330 g/mol. The van der Waals surface area contributed by atoms with Crippen molar-refractivity contribution >= 4 is 34.0 Å². The van der Waals surface area contributed by atoms with E-state index in [0.717, 1.165) is 27.3 Å². The van der Waals surface area contributed by atoms with Crippen LogP contribution in [0, 0.1) is 5.92 Å². The summed E-state index contributed by atoms with van der Waals surface area (Å²) in [6.07, 6.45) is 0. The molecule has 1 heterocycles. The number of carbonyl (C=O) groups excluding carboxylic acids is 1. The molecular formula is C16H21N3O2S2. The minimum absolute atomic E-state index is 0.0509. The minimum Gasteiger partial charge on any atom is -0.496 e. The number of carbonyl (C=O) groups is 1. The van der Waals surface area contributed by atoms with Crippen LogP contribution in [0.2, 0.25) is 0 Å². The number of ketones is 1. The summed E-state index contributed by atoms with van der Waals surface area (Å²) < 4.78 is 6.26. The standard InChI is InChI=1S/C16H21N3O2S2/c1-10(2)8-17-15-18-19-16(23-15)22-9-13-7-12(11(3)20)5-6-14(13)21-4/h5-7,10H,8-9H2,1-4H3,(H,17,18). The first kappa shape index (κ1) is 17.7. The van der Waals surface area contributed by atoms with Gasteiger partial charge in [0, 0.05) is 23.4 Å². The number of methoxy groups -OCH3 is 1. The van der Waals surface area contributed by atoms with Gasteiger partial charge in [-0.15, -0.1) is 10.2 Å². The first-order chi connectivity index (χ1) is 11.0. The molecule has 0 aliphatic rings. The summed E-state index contributed by atoms with van der Waals surface area (Å²) in [5.74, 6) is 2.08. The van der Waals surface area contributed by atoms with Crippen molar-refractivity contribution < 1.29 is 9.53 Å².